The zero-order chi connectivity index (χ0) is 13.9. The van der Waals surface area contributed by atoms with Crippen molar-refractivity contribution in [1.82, 2.24) is 15.0 Å². The van der Waals surface area contributed by atoms with E-state index in [4.69, 9.17) is 4.74 Å². The molecule has 0 aliphatic rings. The maximum atomic E-state index is 5.36. The molecule has 102 valence electrons. The van der Waals surface area contributed by atoms with E-state index in [9.17, 15) is 0 Å². The summed E-state index contributed by atoms with van der Waals surface area (Å²) in [6, 6.07) is 0. The van der Waals surface area contributed by atoms with Crippen LogP contribution in [0.15, 0.2) is 17.9 Å². The van der Waals surface area contributed by atoms with Gasteiger partial charge in [0, 0.05) is 18.6 Å². The average Bonchev–Trinajstić information content (AvgIpc) is 2.92. The molecule has 2 aromatic heterocycles. The van der Waals surface area contributed by atoms with Gasteiger partial charge < -0.3 is 15.4 Å². The van der Waals surface area contributed by atoms with Crippen molar-refractivity contribution in [2.75, 3.05) is 24.8 Å². The molecule has 0 radical (unpaired) electrons. The van der Waals surface area contributed by atoms with Crippen molar-refractivity contribution in [2.24, 2.45) is 0 Å². The number of methoxy groups -OCH3 is 1. The minimum absolute atomic E-state index is 0.333. The smallest absolute Gasteiger partial charge is 0.204 e. The van der Waals surface area contributed by atoms with E-state index in [1.807, 2.05) is 19.2 Å². The molecular formula is C12H17N5OS. The first-order valence-corrected chi connectivity index (χ1v) is 6.71. The van der Waals surface area contributed by atoms with Gasteiger partial charge in [-0.15, -0.1) is 11.3 Å². The van der Waals surface area contributed by atoms with Crippen LogP contribution in [0.5, 0.6) is 5.75 Å². The summed E-state index contributed by atoms with van der Waals surface area (Å²) in [6.45, 7) is 4.10. The van der Waals surface area contributed by atoms with Crippen LogP contribution in [0.4, 0.5) is 11.6 Å². The Kier molecular flexibility index (Phi) is 3.84. The van der Waals surface area contributed by atoms with Gasteiger partial charge in [0.25, 0.3) is 0 Å². The molecule has 0 saturated carbocycles. The van der Waals surface area contributed by atoms with Gasteiger partial charge in [-0.05, 0) is 13.8 Å². The van der Waals surface area contributed by atoms with E-state index in [1.165, 1.54) is 6.33 Å². The first-order chi connectivity index (χ1) is 9.08. The second kappa shape index (κ2) is 5.40. The molecule has 2 rings (SSSR count). The molecule has 2 aromatic rings. The second-order valence-corrected chi connectivity index (χ2v) is 5.34. The van der Waals surface area contributed by atoms with Crippen molar-refractivity contribution >= 4 is 23.0 Å². The maximum Gasteiger partial charge on any atom is 0.204 e. The Balaban J connectivity index is 2.33. The van der Waals surface area contributed by atoms with Crippen LogP contribution in [0.3, 0.4) is 0 Å². The number of aromatic nitrogens is 3. The quantitative estimate of drug-likeness (QED) is 0.875. The number of hydrogen-bond donors (Lipinski definition) is 2. The van der Waals surface area contributed by atoms with Crippen molar-refractivity contribution < 1.29 is 4.74 Å². The average molecular weight is 279 g/mol. The molecular weight excluding hydrogens is 262 g/mol. The summed E-state index contributed by atoms with van der Waals surface area (Å²) in [6.07, 6.45) is 3.29. The molecule has 0 spiro atoms. The van der Waals surface area contributed by atoms with Crippen molar-refractivity contribution in [1.29, 1.82) is 0 Å². The SMILES string of the molecule is CNc1ncnc(NC(C)(C)c2nccs2)c1OC. The fourth-order valence-corrected chi connectivity index (χ4v) is 2.43. The Bertz CT molecular complexity index is 541. The predicted octanol–water partition coefficient (Wildman–Crippen LogP) is 2.33. The molecule has 0 aliphatic heterocycles. The van der Waals surface area contributed by atoms with Gasteiger partial charge in [0.1, 0.15) is 11.3 Å². The summed E-state index contributed by atoms with van der Waals surface area (Å²) in [5.41, 5.74) is -0.333. The Hall–Kier alpha value is -1.89. The third-order valence-corrected chi connectivity index (χ3v) is 3.74. The normalized spacial score (nSPS) is 11.2. The molecule has 0 aliphatic carbocycles. The van der Waals surface area contributed by atoms with E-state index in [1.54, 1.807) is 31.7 Å². The molecule has 0 atom stereocenters. The number of nitrogens with zero attached hydrogens (tertiary/aromatic N) is 3. The highest BCUT2D eigenvalue weighted by Crippen LogP contribution is 2.33. The van der Waals surface area contributed by atoms with Crippen LogP contribution in [0.25, 0.3) is 0 Å². The van der Waals surface area contributed by atoms with E-state index >= 15 is 0 Å². The van der Waals surface area contributed by atoms with Crippen molar-refractivity contribution in [3.05, 3.63) is 22.9 Å². The minimum atomic E-state index is -0.333. The summed E-state index contributed by atoms with van der Waals surface area (Å²) < 4.78 is 5.36. The highest BCUT2D eigenvalue weighted by molar-refractivity contribution is 7.09. The molecule has 19 heavy (non-hydrogen) atoms. The summed E-state index contributed by atoms with van der Waals surface area (Å²) in [4.78, 5) is 12.7. The number of thiazole rings is 1. The molecule has 0 aromatic carbocycles. The summed E-state index contributed by atoms with van der Waals surface area (Å²) in [5.74, 6) is 1.88. The van der Waals surface area contributed by atoms with Crippen LogP contribution in [0.1, 0.15) is 18.9 Å². The minimum Gasteiger partial charge on any atom is -0.490 e. The van der Waals surface area contributed by atoms with Gasteiger partial charge in [0.2, 0.25) is 5.75 Å². The summed E-state index contributed by atoms with van der Waals surface area (Å²) >= 11 is 1.60. The van der Waals surface area contributed by atoms with E-state index in [-0.39, 0.29) is 5.54 Å². The lowest BCUT2D eigenvalue weighted by atomic mass is 10.1. The summed E-state index contributed by atoms with van der Waals surface area (Å²) in [5, 5.41) is 9.26. The third-order valence-electron chi connectivity index (χ3n) is 2.64. The fraction of sp³-hybridized carbons (Fsp3) is 0.417. The maximum absolute atomic E-state index is 5.36. The number of anilines is 2. The van der Waals surface area contributed by atoms with E-state index in [2.05, 4.69) is 25.6 Å². The van der Waals surface area contributed by atoms with Crippen LogP contribution in [-0.4, -0.2) is 29.1 Å². The van der Waals surface area contributed by atoms with Gasteiger partial charge >= 0.3 is 0 Å². The van der Waals surface area contributed by atoms with Gasteiger partial charge in [0.15, 0.2) is 11.6 Å². The molecule has 2 heterocycles. The molecule has 0 bridgehead atoms. The standard InChI is InChI=1S/C12H17N5OS/c1-12(2,11-14-5-6-19-11)17-10-8(18-4)9(13-3)15-7-16-10/h5-7H,1-4H3,(H2,13,15,16,17). The monoisotopic (exact) mass is 279 g/mol. The zero-order valence-corrected chi connectivity index (χ0v) is 12.2. The van der Waals surface area contributed by atoms with E-state index < -0.39 is 0 Å². The topological polar surface area (TPSA) is 72.0 Å². The van der Waals surface area contributed by atoms with Crippen LogP contribution in [-0.2, 0) is 5.54 Å². The van der Waals surface area contributed by atoms with Crippen LogP contribution >= 0.6 is 11.3 Å². The molecule has 0 unspecified atom stereocenters. The highest BCUT2D eigenvalue weighted by Gasteiger charge is 2.26. The molecule has 6 nitrogen and oxygen atoms in total. The lowest BCUT2D eigenvalue weighted by Gasteiger charge is -2.25. The number of hydrogen-bond acceptors (Lipinski definition) is 7. The number of rotatable bonds is 5. The first kappa shape index (κ1) is 13.5. The Labute approximate surface area is 116 Å². The second-order valence-electron chi connectivity index (χ2n) is 4.44. The van der Waals surface area contributed by atoms with Crippen LogP contribution < -0.4 is 15.4 Å². The van der Waals surface area contributed by atoms with E-state index in [0.717, 1.165) is 5.01 Å². The molecule has 2 N–H and O–H groups in total. The van der Waals surface area contributed by atoms with Crippen molar-refractivity contribution in [3.8, 4) is 5.75 Å². The Morgan fingerprint density at radius 3 is 2.53 bits per heavy atom. The molecule has 0 amide bonds. The van der Waals surface area contributed by atoms with Gasteiger partial charge in [-0.2, -0.15) is 0 Å². The van der Waals surface area contributed by atoms with Gasteiger partial charge in [-0.3, -0.25) is 0 Å². The number of ether oxygens (including phenoxy) is 1. The van der Waals surface area contributed by atoms with Gasteiger partial charge in [-0.25, -0.2) is 15.0 Å². The highest BCUT2D eigenvalue weighted by atomic mass is 32.1. The predicted molar refractivity (Wildman–Crippen MR) is 76.9 cm³/mol. The number of nitrogens with one attached hydrogen (secondary N) is 2. The Morgan fingerprint density at radius 2 is 1.95 bits per heavy atom. The fourth-order valence-electron chi connectivity index (χ4n) is 1.72. The van der Waals surface area contributed by atoms with Crippen LogP contribution in [0, 0.1) is 0 Å². The molecule has 0 fully saturated rings. The lowest BCUT2D eigenvalue weighted by molar-refractivity contribution is 0.413. The molecule has 7 heteroatoms. The van der Waals surface area contributed by atoms with Gasteiger partial charge in [0.05, 0.1) is 12.6 Å². The van der Waals surface area contributed by atoms with Crippen LogP contribution in [0.2, 0.25) is 0 Å². The lowest BCUT2D eigenvalue weighted by Crippen LogP contribution is -2.28. The zero-order valence-electron chi connectivity index (χ0n) is 11.4. The third kappa shape index (κ3) is 2.76. The Morgan fingerprint density at radius 1 is 1.21 bits per heavy atom. The van der Waals surface area contributed by atoms with Crippen molar-refractivity contribution in [3.63, 3.8) is 0 Å². The van der Waals surface area contributed by atoms with Gasteiger partial charge in [-0.1, -0.05) is 0 Å². The summed E-state index contributed by atoms with van der Waals surface area (Å²) in [7, 11) is 3.39. The first-order valence-electron chi connectivity index (χ1n) is 5.83. The molecule has 0 saturated heterocycles. The van der Waals surface area contributed by atoms with Crippen molar-refractivity contribution in [2.45, 2.75) is 19.4 Å². The van der Waals surface area contributed by atoms with E-state index in [0.29, 0.717) is 17.4 Å². The largest absolute Gasteiger partial charge is 0.490 e.